The minimum absolute atomic E-state index is 0.0141. The van der Waals surface area contributed by atoms with Gasteiger partial charge >= 0.3 is 5.97 Å². The first-order valence-corrected chi connectivity index (χ1v) is 9.85. The number of carbonyl (C=O) groups is 1. The van der Waals surface area contributed by atoms with Crippen molar-refractivity contribution in [3.63, 3.8) is 0 Å². The molecule has 3 heterocycles. The van der Waals surface area contributed by atoms with Crippen LogP contribution in [0.1, 0.15) is 43.9 Å². The topological polar surface area (TPSA) is 93.0 Å². The van der Waals surface area contributed by atoms with E-state index in [0.717, 1.165) is 22.5 Å². The van der Waals surface area contributed by atoms with E-state index in [1.54, 1.807) is 35.4 Å². The van der Waals surface area contributed by atoms with Gasteiger partial charge in [0.25, 0.3) is 0 Å². The highest BCUT2D eigenvalue weighted by atomic mass is 19.1. The number of rotatable bonds is 5. The number of nitrogens with zero attached hydrogens (tertiary/aromatic N) is 3. The molecule has 7 nitrogen and oxygen atoms in total. The van der Waals surface area contributed by atoms with Gasteiger partial charge in [0.05, 0.1) is 36.4 Å². The quantitative estimate of drug-likeness (QED) is 0.627. The summed E-state index contributed by atoms with van der Waals surface area (Å²) in [5.74, 6) is 0.0398. The summed E-state index contributed by atoms with van der Waals surface area (Å²) in [6.07, 6.45) is 6.00. The van der Waals surface area contributed by atoms with Gasteiger partial charge in [-0.1, -0.05) is 19.9 Å². The van der Waals surface area contributed by atoms with Crippen LogP contribution in [0.2, 0.25) is 0 Å². The standard InChI is InChI=1S/C22H23FN4O3/c1-13(2)21-18(8-7-17-9-16(28)10-20(29)30-17)22(14-3-5-15(23)6-4-14)27(26-21)19-11-24-12-25-19/h3-8,11-13,16-17,28H,9-10H2,1-2H3,(H,24,25)/t16-,17-/m0/s1. The number of imidazole rings is 1. The molecule has 0 radical (unpaired) electrons. The fourth-order valence-corrected chi connectivity index (χ4v) is 3.59. The summed E-state index contributed by atoms with van der Waals surface area (Å²) in [6, 6.07) is 6.21. The first kappa shape index (κ1) is 20.0. The number of benzene rings is 1. The van der Waals surface area contributed by atoms with Crippen LogP contribution in [-0.2, 0) is 9.53 Å². The van der Waals surface area contributed by atoms with Crippen LogP contribution < -0.4 is 0 Å². The van der Waals surface area contributed by atoms with Crippen LogP contribution in [0.3, 0.4) is 0 Å². The second-order valence-electron chi connectivity index (χ2n) is 7.64. The molecule has 0 spiro atoms. The molecule has 1 aliphatic rings. The van der Waals surface area contributed by atoms with Crippen LogP contribution in [-0.4, -0.2) is 43.0 Å². The van der Waals surface area contributed by atoms with Crippen LogP contribution in [0.5, 0.6) is 0 Å². The van der Waals surface area contributed by atoms with Crippen molar-refractivity contribution >= 4 is 12.0 Å². The third-order valence-electron chi connectivity index (χ3n) is 4.99. The minimum atomic E-state index is -0.713. The Morgan fingerprint density at radius 2 is 2.10 bits per heavy atom. The lowest BCUT2D eigenvalue weighted by atomic mass is 9.98. The number of ether oxygens (including phenoxy) is 1. The highest BCUT2D eigenvalue weighted by Crippen LogP contribution is 2.33. The Hall–Kier alpha value is -3.26. The van der Waals surface area contributed by atoms with Crippen molar-refractivity contribution in [2.45, 2.75) is 44.8 Å². The summed E-state index contributed by atoms with van der Waals surface area (Å²) >= 11 is 0. The number of aliphatic hydroxyl groups is 1. The molecule has 0 amide bonds. The van der Waals surface area contributed by atoms with Gasteiger partial charge in [0.2, 0.25) is 0 Å². The van der Waals surface area contributed by atoms with E-state index in [-0.39, 0.29) is 18.2 Å². The summed E-state index contributed by atoms with van der Waals surface area (Å²) in [7, 11) is 0. The van der Waals surface area contributed by atoms with Crippen molar-refractivity contribution < 1.29 is 19.0 Å². The maximum atomic E-state index is 13.5. The van der Waals surface area contributed by atoms with Gasteiger partial charge < -0.3 is 14.8 Å². The molecule has 3 aromatic rings. The van der Waals surface area contributed by atoms with Gasteiger partial charge in [0.1, 0.15) is 11.9 Å². The first-order valence-electron chi connectivity index (χ1n) is 9.85. The smallest absolute Gasteiger partial charge is 0.309 e. The number of hydrogen-bond donors (Lipinski definition) is 2. The van der Waals surface area contributed by atoms with Crippen molar-refractivity contribution in [1.82, 2.24) is 19.7 Å². The minimum Gasteiger partial charge on any atom is -0.458 e. The number of esters is 1. The van der Waals surface area contributed by atoms with E-state index in [2.05, 4.69) is 9.97 Å². The average Bonchev–Trinajstić information content (AvgIpc) is 3.34. The van der Waals surface area contributed by atoms with Crippen LogP contribution >= 0.6 is 0 Å². The third kappa shape index (κ3) is 4.04. The highest BCUT2D eigenvalue weighted by Gasteiger charge is 2.26. The molecule has 1 aromatic carbocycles. The van der Waals surface area contributed by atoms with Gasteiger partial charge in [-0.15, -0.1) is 0 Å². The van der Waals surface area contributed by atoms with Crippen LogP contribution in [0.25, 0.3) is 23.2 Å². The Balaban J connectivity index is 1.84. The molecule has 1 saturated heterocycles. The molecule has 30 heavy (non-hydrogen) atoms. The molecule has 2 aromatic heterocycles. The van der Waals surface area contributed by atoms with E-state index in [4.69, 9.17) is 9.84 Å². The number of aromatic nitrogens is 4. The van der Waals surface area contributed by atoms with E-state index in [9.17, 15) is 14.3 Å². The molecule has 1 aliphatic heterocycles. The van der Waals surface area contributed by atoms with Crippen molar-refractivity contribution in [3.05, 3.63) is 59.9 Å². The molecule has 4 rings (SSSR count). The van der Waals surface area contributed by atoms with Crippen molar-refractivity contribution in [2.75, 3.05) is 0 Å². The fourth-order valence-electron chi connectivity index (χ4n) is 3.59. The van der Waals surface area contributed by atoms with E-state index < -0.39 is 18.2 Å². The van der Waals surface area contributed by atoms with Crippen LogP contribution in [0.4, 0.5) is 4.39 Å². The molecule has 0 saturated carbocycles. The second-order valence-corrected chi connectivity index (χ2v) is 7.64. The number of H-pyrrole nitrogens is 1. The maximum absolute atomic E-state index is 13.5. The number of aliphatic hydroxyl groups excluding tert-OH is 1. The number of aromatic amines is 1. The molecule has 8 heteroatoms. The normalized spacial score (nSPS) is 19.6. The molecule has 0 bridgehead atoms. The second kappa shape index (κ2) is 8.23. The molecule has 2 atom stereocenters. The molecule has 1 fully saturated rings. The zero-order chi connectivity index (χ0) is 21.3. The lowest BCUT2D eigenvalue weighted by molar-refractivity contribution is -0.156. The fraction of sp³-hybridized carbons (Fsp3) is 0.318. The van der Waals surface area contributed by atoms with E-state index >= 15 is 0 Å². The van der Waals surface area contributed by atoms with Gasteiger partial charge in [-0.05, 0) is 36.3 Å². The summed E-state index contributed by atoms with van der Waals surface area (Å²) in [4.78, 5) is 18.8. The van der Waals surface area contributed by atoms with E-state index in [1.165, 1.54) is 12.1 Å². The number of nitrogens with one attached hydrogen (secondary N) is 1. The van der Waals surface area contributed by atoms with Gasteiger partial charge in [0, 0.05) is 17.5 Å². The Morgan fingerprint density at radius 1 is 1.33 bits per heavy atom. The SMILES string of the molecule is CC(C)c1nn(-c2cnc[nH]2)c(-c2ccc(F)cc2)c1C=C[C@H]1C[C@H](O)CC(=O)O1. The molecule has 0 aliphatic carbocycles. The largest absolute Gasteiger partial charge is 0.458 e. The Kier molecular flexibility index (Phi) is 5.50. The predicted octanol–water partition coefficient (Wildman–Crippen LogP) is 3.60. The van der Waals surface area contributed by atoms with Gasteiger partial charge in [-0.25, -0.2) is 14.1 Å². The highest BCUT2D eigenvalue weighted by molar-refractivity contribution is 5.76. The molecule has 156 valence electrons. The molecular formula is C22H23FN4O3. The molecular weight excluding hydrogens is 387 g/mol. The van der Waals surface area contributed by atoms with Crippen molar-refractivity contribution in [3.8, 4) is 17.1 Å². The Bertz CT molecular complexity index is 1060. The third-order valence-corrected chi connectivity index (χ3v) is 4.99. The number of halogens is 1. The van der Waals surface area contributed by atoms with Gasteiger partial charge in [0.15, 0.2) is 5.82 Å². The van der Waals surface area contributed by atoms with Gasteiger partial charge in [-0.2, -0.15) is 5.10 Å². The first-order chi connectivity index (χ1) is 14.4. The number of carbonyl (C=O) groups excluding carboxylic acids is 1. The molecule has 0 unspecified atom stereocenters. The zero-order valence-corrected chi connectivity index (χ0v) is 16.7. The van der Waals surface area contributed by atoms with Crippen LogP contribution in [0.15, 0.2) is 42.9 Å². The number of hydrogen-bond acceptors (Lipinski definition) is 5. The molecule has 2 N–H and O–H groups in total. The summed E-state index contributed by atoms with van der Waals surface area (Å²) < 4.78 is 20.6. The average molecular weight is 410 g/mol. The van der Waals surface area contributed by atoms with E-state index in [0.29, 0.717) is 12.2 Å². The lowest BCUT2D eigenvalue weighted by Gasteiger charge is -2.23. The zero-order valence-electron chi connectivity index (χ0n) is 16.7. The van der Waals surface area contributed by atoms with Crippen LogP contribution in [0, 0.1) is 5.82 Å². The van der Waals surface area contributed by atoms with Crippen molar-refractivity contribution in [2.24, 2.45) is 0 Å². The summed E-state index contributed by atoms with van der Waals surface area (Å²) in [5, 5.41) is 14.7. The number of cyclic esters (lactones) is 1. The lowest BCUT2D eigenvalue weighted by Crippen LogP contribution is -2.31. The monoisotopic (exact) mass is 410 g/mol. The Morgan fingerprint density at radius 3 is 2.73 bits per heavy atom. The predicted molar refractivity (Wildman–Crippen MR) is 109 cm³/mol. The Labute approximate surface area is 173 Å². The summed E-state index contributed by atoms with van der Waals surface area (Å²) in [6.45, 7) is 4.08. The van der Waals surface area contributed by atoms with E-state index in [1.807, 2.05) is 19.9 Å². The van der Waals surface area contributed by atoms with Crippen molar-refractivity contribution in [1.29, 1.82) is 0 Å². The van der Waals surface area contributed by atoms with Gasteiger partial charge in [-0.3, -0.25) is 4.79 Å². The maximum Gasteiger partial charge on any atom is 0.309 e. The summed E-state index contributed by atoms with van der Waals surface area (Å²) in [5.41, 5.74) is 3.22.